The van der Waals surface area contributed by atoms with Crippen LogP contribution in [0.25, 0.3) is 0 Å². The lowest BCUT2D eigenvalue weighted by molar-refractivity contribution is -0.139. The summed E-state index contributed by atoms with van der Waals surface area (Å²) in [5, 5.41) is 15.6. The highest BCUT2D eigenvalue weighted by Gasteiger charge is 2.27. The Kier molecular flexibility index (Phi) is 5.70. The van der Waals surface area contributed by atoms with E-state index in [2.05, 4.69) is 10.6 Å². The molecule has 2 aromatic rings. The molecule has 0 fully saturated rings. The van der Waals surface area contributed by atoms with Crippen molar-refractivity contribution >= 4 is 11.8 Å². The molecule has 8 heteroatoms. The van der Waals surface area contributed by atoms with E-state index < -0.39 is 17.4 Å². The van der Waals surface area contributed by atoms with Crippen LogP contribution < -0.4 is 24.8 Å². The first-order chi connectivity index (χ1) is 13.4. The predicted octanol–water partition coefficient (Wildman–Crippen LogP) is 1.06. The number of hydrogen-bond acceptors (Lipinski definition) is 6. The van der Waals surface area contributed by atoms with Gasteiger partial charge in [-0.05, 0) is 30.7 Å². The third-order valence-electron chi connectivity index (χ3n) is 4.43. The Hall–Kier alpha value is -3.26. The van der Waals surface area contributed by atoms with Gasteiger partial charge in [-0.1, -0.05) is 24.3 Å². The Labute approximate surface area is 162 Å². The van der Waals surface area contributed by atoms with Crippen LogP contribution >= 0.6 is 0 Å². The van der Waals surface area contributed by atoms with Gasteiger partial charge >= 0.3 is 11.8 Å². The van der Waals surface area contributed by atoms with Crippen molar-refractivity contribution in [3.05, 3.63) is 53.6 Å². The highest BCUT2D eigenvalue weighted by Crippen LogP contribution is 2.35. The Morgan fingerprint density at radius 1 is 1.11 bits per heavy atom. The Bertz CT molecular complexity index is 881. The number of methoxy groups -OCH3 is 1. The Morgan fingerprint density at radius 2 is 1.82 bits per heavy atom. The summed E-state index contributed by atoms with van der Waals surface area (Å²) < 4.78 is 15.7. The van der Waals surface area contributed by atoms with Crippen LogP contribution in [0, 0.1) is 0 Å². The van der Waals surface area contributed by atoms with E-state index in [1.54, 1.807) is 30.3 Å². The molecule has 1 atom stereocenters. The summed E-state index contributed by atoms with van der Waals surface area (Å²) in [7, 11) is 1.53. The summed E-state index contributed by atoms with van der Waals surface area (Å²) in [5.74, 6) is 0.107. The number of fused-ring (bicyclic) bond motifs is 1. The molecule has 0 unspecified atom stereocenters. The maximum Gasteiger partial charge on any atom is 0.309 e. The average Bonchev–Trinajstić information content (AvgIpc) is 3.18. The number of benzene rings is 2. The zero-order chi connectivity index (χ0) is 20.1. The molecule has 1 aliphatic heterocycles. The van der Waals surface area contributed by atoms with Crippen LogP contribution in [-0.4, -0.2) is 37.4 Å². The summed E-state index contributed by atoms with van der Waals surface area (Å²) >= 11 is 0. The molecule has 2 amide bonds. The van der Waals surface area contributed by atoms with Gasteiger partial charge in [0.1, 0.15) is 11.4 Å². The maximum atomic E-state index is 12.1. The van der Waals surface area contributed by atoms with Crippen LogP contribution in [0.3, 0.4) is 0 Å². The molecule has 2 aromatic carbocycles. The molecule has 0 spiro atoms. The number of nitrogens with one attached hydrogen (secondary N) is 2. The third kappa shape index (κ3) is 4.34. The van der Waals surface area contributed by atoms with Crippen molar-refractivity contribution in [2.24, 2.45) is 0 Å². The van der Waals surface area contributed by atoms with Crippen molar-refractivity contribution in [2.75, 3.05) is 20.4 Å². The van der Waals surface area contributed by atoms with E-state index in [1.807, 2.05) is 12.1 Å². The molecular weight excluding hydrogens is 364 g/mol. The zero-order valence-electron chi connectivity index (χ0n) is 15.7. The van der Waals surface area contributed by atoms with Gasteiger partial charge < -0.3 is 30.0 Å². The van der Waals surface area contributed by atoms with E-state index in [0.29, 0.717) is 22.8 Å². The second-order valence-corrected chi connectivity index (χ2v) is 6.52. The smallest absolute Gasteiger partial charge is 0.309 e. The van der Waals surface area contributed by atoms with E-state index >= 15 is 0 Å². The summed E-state index contributed by atoms with van der Waals surface area (Å²) in [5.41, 5.74) is -0.107. The van der Waals surface area contributed by atoms with Gasteiger partial charge in [0.05, 0.1) is 13.7 Å². The third-order valence-corrected chi connectivity index (χ3v) is 4.43. The van der Waals surface area contributed by atoms with Gasteiger partial charge in [0.25, 0.3) is 0 Å². The molecule has 0 radical (unpaired) electrons. The van der Waals surface area contributed by atoms with E-state index in [9.17, 15) is 14.7 Å². The summed E-state index contributed by atoms with van der Waals surface area (Å²) in [6.45, 7) is 1.67. The van der Waals surface area contributed by atoms with Gasteiger partial charge in [-0.2, -0.15) is 0 Å². The number of para-hydroxylation sites is 1. The second kappa shape index (κ2) is 8.18. The lowest BCUT2D eigenvalue weighted by Crippen LogP contribution is -2.45. The van der Waals surface area contributed by atoms with Crippen molar-refractivity contribution in [3.63, 3.8) is 0 Å². The first-order valence-corrected chi connectivity index (χ1v) is 8.71. The van der Waals surface area contributed by atoms with Crippen LogP contribution in [0.4, 0.5) is 0 Å². The number of rotatable bonds is 6. The van der Waals surface area contributed by atoms with Gasteiger partial charge in [0.2, 0.25) is 6.79 Å². The van der Waals surface area contributed by atoms with Crippen molar-refractivity contribution in [2.45, 2.75) is 19.1 Å². The fourth-order valence-corrected chi connectivity index (χ4v) is 2.77. The van der Waals surface area contributed by atoms with Crippen LogP contribution in [0.15, 0.2) is 42.5 Å². The summed E-state index contributed by atoms with van der Waals surface area (Å²) in [6.07, 6.45) is 0. The van der Waals surface area contributed by atoms with Crippen molar-refractivity contribution < 1.29 is 28.9 Å². The van der Waals surface area contributed by atoms with Gasteiger partial charge in [0, 0.05) is 12.1 Å². The second-order valence-electron chi connectivity index (χ2n) is 6.52. The standard InChI is InChI=1S/C20H22N2O6/c1-20(25,14-7-8-16-17(9-14)28-12-27-16)11-22-19(24)18(23)21-10-13-5-3-4-6-15(13)26-2/h3-9,25H,10-12H2,1-2H3,(H,21,23)(H,22,24)/t20-/m1/s1. The van der Waals surface area contributed by atoms with E-state index in [-0.39, 0.29) is 19.9 Å². The Balaban J connectivity index is 1.54. The lowest BCUT2D eigenvalue weighted by Gasteiger charge is -2.24. The summed E-state index contributed by atoms with van der Waals surface area (Å²) in [4.78, 5) is 24.1. The number of hydrogen-bond donors (Lipinski definition) is 3. The largest absolute Gasteiger partial charge is 0.496 e. The molecule has 0 saturated carbocycles. The van der Waals surface area contributed by atoms with Crippen LogP contribution in [-0.2, 0) is 21.7 Å². The van der Waals surface area contributed by atoms with E-state index in [0.717, 1.165) is 5.56 Å². The van der Waals surface area contributed by atoms with Gasteiger partial charge in [-0.15, -0.1) is 0 Å². The molecular formula is C20H22N2O6. The molecule has 148 valence electrons. The molecule has 0 bridgehead atoms. The topological polar surface area (TPSA) is 106 Å². The predicted molar refractivity (Wildman–Crippen MR) is 100.0 cm³/mol. The average molecular weight is 386 g/mol. The molecule has 3 N–H and O–H groups in total. The number of carbonyl (C=O) groups is 2. The number of ether oxygens (including phenoxy) is 3. The quantitative estimate of drug-likeness (QED) is 0.641. The molecule has 3 rings (SSSR count). The molecule has 1 heterocycles. The minimum absolute atomic E-state index is 0.129. The van der Waals surface area contributed by atoms with Crippen LogP contribution in [0.1, 0.15) is 18.1 Å². The first-order valence-electron chi connectivity index (χ1n) is 8.71. The Morgan fingerprint density at radius 3 is 2.61 bits per heavy atom. The molecule has 1 aliphatic rings. The fraction of sp³-hybridized carbons (Fsp3) is 0.300. The van der Waals surface area contributed by atoms with E-state index in [4.69, 9.17) is 14.2 Å². The van der Waals surface area contributed by atoms with Crippen LogP contribution in [0.5, 0.6) is 17.2 Å². The van der Waals surface area contributed by atoms with E-state index in [1.165, 1.54) is 14.0 Å². The fourth-order valence-electron chi connectivity index (χ4n) is 2.77. The molecule has 0 aromatic heterocycles. The van der Waals surface area contributed by atoms with Crippen molar-refractivity contribution in [1.82, 2.24) is 10.6 Å². The molecule has 0 saturated heterocycles. The van der Waals surface area contributed by atoms with Gasteiger partial charge in [-0.3, -0.25) is 9.59 Å². The highest BCUT2D eigenvalue weighted by molar-refractivity contribution is 6.35. The number of amides is 2. The first kappa shape index (κ1) is 19.5. The minimum Gasteiger partial charge on any atom is -0.496 e. The maximum absolute atomic E-state index is 12.1. The monoisotopic (exact) mass is 386 g/mol. The molecule has 8 nitrogen and oxygen atoms in total. The summed E-state index contributed by atoms with van der Waals surface area (Å²) in [6, 6.07) is 12.2. The van der Waals surface area contributed by atoms with Gasteiger partial charge in [-0.25, -0.2) is 0 Å². The minimum atomic E-state index is -1.39. The molecule has 0 aliphatic carbocycles. The number of aliphatic hydroxyl groups is 1. The lowest BCUT2D eigenvalue weighted by atomic mass is 9.95. The number of carbonyl (C=O) groups excluding carboxylic acids is 2. The normalized spacial score (nSPS) is 14.1. The molecule has 28 heavy (non-hydrogen) atoms. The van der Waals surface area contributed by atoms with Crippen molar-refractivity contribution in [1.29, 1.82) is 0 Å². The van der Waals surface area contributed by atoms with Gasteiger partial charge in [0.15, 0.2) is 11.5 Å². The zero-order valence-corrected chi connectivity index (χ0v) is 15.7. The van der Waals surface area contributed by atoms with Crippen LogP contribution in [0.2, 0.25) is 0 Å². The SMILES string of the molecule is COc1ccccc1CNC(=O)C(=O)NC[C@@](C)(O)c1ccc2c(c1)OCO2. The van der Waals surface area contributed by atoms with Crippen molar-refractivity contribution in [3.8, 4) is 17.2 Å². The highest BCUT2D eigenvalue weighted by atomic mass is 16.7.